The Bertz CT molecular complexity index is 258. The molecule has 0 aromatic rings. The lowest BCUT2D eigenvalue weighted by Crippen LogP contribution is -2.29. The van der Waals surface area contributed by atoms with Crippen LogP contribution in [-0.4, -0.2) is 26.2 Å². The van der Waals surface area contributed by atoms with Crippen LogP contribution in [0.4, 0.5) is 0 Å². The number of esters is 2. The molecule has 0 aromatic heterocycles. The van der Waals surface area contributed by atoms with Crippen LogP contribution in [0.15, 0.2) is 0 Å². The molecule has 0 heterocycles. The number of carbonyl (C=O) groups excluding carboxylic acids is 2. The van der Waals surface area contributed by atoms with Crippen molar-refractivity contribution in [3.8, 4) is 0 Å². The zero-order chi connectivity index (χ0) is 11.0. The van der Waals surface area contributed by atoms with Crippen molar-refractivity contribution in [1.82, 2.24) is 0 Å². The van der Waals surface area contributed by atoms with Gasteiger partial charge in [0.25, 0.3) is 0 Å². The molecule has 15 heavy (non-hydrogen) atoms. The third kappa shape index (κ3) is 1.62. The third-order valence-corrected chi connectivity index (χ3v) is 3.86. The van der Waals surface area contributed by atoms with Crippen LogP contribution < -0.4 is 0 Å². The second-order valence-electron chi connectivity index (χ2n) is 4.49. The molecule has 2 rings (SSSR count). The monoisotopic (exact) mass is 212 g/mol. The Morgan fingerprint density at radius 3 is 1.53 bits per heavy atom. The number of fused-ring (bicyclic) bond motifs is 2. The molecule has 84 valence electrons. The van der Waals surface area contributed by atoms with Gasteiger partial charge in [0.1, 0.15) is 0 Å². The number of rotatable bonds is 2. The number of methoxy groups -OCH3 is 2. The first kappa shape index (κ1) is 10.5. The molecule has 2 aliphatic rings. The third-order valence-electron chi connectivity index (χ3n) is 3.86. The van der Waals surface area contributed by atoms with Crippen molar-refractivity contribution in [3.05, 3.63) is 0 Å². The zero-order valence-corrected chi connectivity index (χ0v) is 9.06. The summed E-state index contributed by atoms with van der Waals surface area (Å²) >= 11 is 0. The minimum absolute atomic E-state index is 0.0147. The average molecular weight is 212 g/mol. The van der Waals surface area contributed by atoms with Crippen molar-refractivity contribution < 1.29 is 19.1 Å². The smallest absolute Gasteiger partial charge is 0.308 e. The van der Waals surface area contributed by atoms with Crippen LogP contribution in [0.25, 0.3) is 0 Å². The quantitative estimate of drug-likeness (QED) is 0.641. The van der Waals surface area contributed by atoms with Gasteiger partial charge in [-0.25, -0.2) is 0 Å². The minimum Gasteiger partial charge on any atom is -0.469 e. The van der Waals surface area contributed by atoms with E-state index in [0.29, 0.717) is 11.8 Å². The van der Waals surface area contributed by atoms with Crippen molar-refractivity contribution in [2.75, 3.05) is 14.2 Å². The molecule has 2 aliphatic carbocycles. The van der Waals surface area contributed by atoms with Crippen LogP contribution >= 0.6 is 0 Å². The lowest BCUT2D eigenvalue weighted by atomic mass is 9.82. The summed E-state index contributed by atoms with van der Waals surface area (Å²) in [7, 11) is 2.85. The highest BCUT2D eigenvalue weighted by Gasteiger charge is 2.51. The van der Waals surface area contributed by atoms with Gasteiger partial charge in [0.05, 0.1) is 26.1 Å². The van der Waals surface area contributed by atoms with Gasteiger partial charge >= 0.3 is 11.9 Å². The maximum Gasteiger partial charge on any atom is 0.308 e. The van der Waals surface area contributed by atoms with Crippen LogP contribution in [0, 0.1) is 23.7 Å². The van der Waals surface area contributed by atoms with E-state index in [9.17, 15) is 9.59 Å². The largest absolute Gasteiger partial charge is 0.469 e. The van der Waals surface area contributed by atoms with Gasteiger partial charge in [0, 0.05) is 0 Å². The first-order valence-corrected chi connectivity index (χ1v) is 5.33. The van der Waals surface area contributed by atoms with E-state index in [4.69, 9.17) is 9.47 Å². The van der Waals surface area contributed by atoms with Gasteiger partial charge in [-0.15, -0.1) is 0 Å². The molecule has 4 heteroatoms. The Balaban J connectivity index is 2.00. The standard InChI is InChI=1S/C11H16O4/c1-14-10(12)8-4-7-3-6(8)5-9(7)11(13)15-2/h6-9H,3-5H2,1-2H3. The molecule has 2 saturated carbocycles. The first-order chi connectivity index (χ1) is 7.17. The molecule has 4 nitrogen and oxygen atoms in total. The molecule has 4 atom stereocenters. The van der Waals surface area contributed by atoms with Crippen LogP contribution in [0.5, 0.6) is 0 Å². The predicted molar refractivity (Wildman–Crippen MR) is 51.8 cm³/mol. The summed E-state index contributed by atoms with van der Waals surface area (Å²) in [6, 6.07) is 0. The van der Waals surface area contributed by atoms with Crippen LogP contribution in [0.3, 0.4) is 0 Å². The molecule has 0 radical (unpaired) electrons. The Kier molecular flexibility index (Phi) is 2.67. The van der Waals surface area contributed by atoms with Gasteiger partial charge in [-0.1, -0.05) is 0 Å². The maximum absolute atomic E-state index is 11.4. The highest BCUT2D eigenvalue weighted by atomic mass is 16.5. The number of hydrogen-bond acceptors (Lipinski definition) is 4. The first-order valence-electron chi connectivity index (χ1n) is 5.33. The van der Waals surface area contributed by atoms with Gasteiger partial charge in [0.2, 0.25) is 0 Å². The molecule has 2 fully saturated rings. The van der Waals surface area contributed by atoms with E-state index >= 15 is 0 Å². The van der Waals surface area contributed by atoms with E-state index in [0.717, 1.165) is 19.3 Å². The van der Waals surface area contributed by atoms with E-state index in [1.165, 1.54) is 14.2 Å². The fraction of sp³-hybridized carbons (Fsp3) is 0.818. The summed E-state index contributed by atoms with van der Waals surface area (Å²) in [6.45, 7) is 0. The topological polar surface area (TPSA) is 52.6 Å². The minimum atomic E-state index is -0.120. The normalized spacial score (nSPS) is 37.7. The number of ether oxygens (including phenoxy) is 2. The van der Waals surface area contributed by atoms with Gasteiger partial charge in [0.15, 0.2) is 0 Å². The van der Waals surface area contributed by atoms with Crippen molar-refractivity contribution in [2.45, 2.75) is 19.3 Å². The number of hydrogen-bond donors (Lipinski definition) is 0. The van der Waals surface area contributed by atoms with Gasteiger partial charge in [-0.2, -0.15) is 0 Å². The lowest BCUT2D eigenvalue weighted by Gasteiger charge is -2.24. The summed E-state index contributed by atoms with van der Waals surface area (Å²) in [5.74, 6) is 0.441. The molecule has 4 unspecified atom stereocenters. The van der Waals surface area contributed by atoms with Crippen molar-refractivity contribution in [2.24, 2.45) is 23.7 Å². The summed E-state index contributed by atoms with van der Waals surface area (Å²) in [5, 5.41) is 0. The number of carbonyl (C=O) groups is 2. The summed E-state index contributed by atoms with van der Waals surface area (Å²) in [4.78, 5) is 22.8. The van der Waals surface area contributed by atoms with Crippen molar-refractivity contribution in [3.63, 3.8) is 0 Å². The second kappa shape index (κ2) is 3.83. The lowest BCUT2D eigenvalue weighted by molar-refractivity contribution is -0.152. The Labute approximate surface area is 88.9 Å². The molecule has 0 amide bonds. The molecule has 2 bridgehead atoms. The fourth-order valence-electron chi connectivity index (χ4n) is 3.16. The van der Waals surface area contributed by atoms with E-state index < -0.39 is 0 Å². The maximum atomic E-state index is 11.4. The Morgan fingerprint density at radius 1 is 0.867 bits per heavy atom. The predicted octanol–water partition coefficient (Wildman–Crippen LogP) is 0.995. The van der Waals surface area contributed by atoms with E-state index in [1.54, 1.807) is 0 Å². The van der Waals surface area contributed by atoms with E-state index in [1.807, 2.05) is 0 Å². The SMILES string of the molecule is COC(=O)C1CC2CC1CC2C(=O)OC. The van der Waals surface area contributed by atoms with E-state index in [-0.39, 0.29) is 23.8 Å². The van der Waals surface area contributed by atoms with Crippen LogP contribution in [0.2, 0.25) is 0 Å². The Hall–Kier alpha value is -1.06. The Morgan fingerprint density at radius 2 is 1.27 bits per heavy atom. The zero-order valence-electron chi connectivity index (χ0n) is 9.06. The van der Waals surface area contributed by atoms with Gasteiger partial charge < -0.3 is 9.47 Å². The highest BCUT2D eigenvalue weighted by Crippen LogP contribution is 2.52. The average Bonchev–Trinajstić information content (AvgIpc) is 2.85. The summed E-state index contributed by atoms with van der Waals surface area (Å²) < 4.78 is 9.51. The van der Waals surface area contributed by atoms with Crippen molar-refractivity contribution >= 4 is 11.9 Å². The van der Waals surface area contributed by atoms with Crippen LogP contribution in [-0.2, 0) is 19.1 Å². The molecule has 0 aliphatic heterocycles. The molecule has 0 saturated heterocycles. The van der Waals surface area contributed by atoms with E-state index in [2.05, 4.69) is 0 Å². The molecular weight excluding hydrogens is 196 g/mol. The van der Waals surface area contributed by atoms with Crippen molar-refractivity contribution in [1.29, 1.82) is 0 Å². The molecule has 0 aromatic carbocycles. The fourth-order valence-corrected chi connectivity index (χ4v) is 3.16. The van der Waals surface area contributed by atoms with Gasteiger partial charge in [-0.3, -0.25) is 9.59 Å². The molecular formula is C11H16O4. The summed E-state index contributed by atoms with van der Waals surface area (Å²) in [5.41, 5.74) is 0. The highest BCUT2D eigenvalue weighted by molar-refractivity contribution is 5.76. The summed E-state index contributed by atoms with van der Waals surface area (Å²) in [6.07, 6.45) is 2.55. The van der Waals surface area contributed by atoms with Gasteiger partial charge in [-0.05, 0) is 31.1 Å². The molecule has 0 N–H and O–H groups in total. The second-order valence-corrected chi connectivity index (χ2v) is 4.49. The molecule has 0 spiro atoms. The van der Waals surface area contributed by atoms with Crippen LogP contribution in [0.1, 0.15) is 19.3 Å².